The fourth-order valence-electron chi connectivity index (χ4n) is 2.74. The third-order valence-corrected chi connectivity index (χ3v) is 5.09. The summed E-state index contributed by atoms with van der Waals surface area (Å²) in [5.41, 5.74) is 0.198. The zero-order valence-electron chi connectivity index (χ0n) is 11.8. The molecule has 1 fully saturated rings. The zero-order chi connectivity index (χ0) is 14.8. The van der Waals surface area contributed by atoms with Gasteiger partial charge in [0.15, 0.2) is 0 Å². The Bertz CT molecular complexity index is 477. The number of hydrogen-bond donors (Lipinski definition) is 1. The van der Waals surface area contributed by atoms with Crippen molar-refractivity contribution >= 4 is 27.5 Å². The summed E-state index contributed by atoms with van der Waals surface area (Å²) >= 11 is 9.28. The van der Waals surface area contributed by atoms with E-state index < -0.39 is 0 Å². The van der Waals surface area contributed by atoms with Crippen LogP contribution in [0, 0.1) is 5.82 Å². The summed E-state index contributed by atoms with van der Waals surface area (Å²) in [7, 11) is 0. The Kier molecular flexibility index (Phi) is 5.46. The lowest BCUT2D eigenvalue weighted by atomic mass is 9.87. The molecule has 1 heterocycles. The Morgan fingerprint density at radius 3 is 2.90 bits per heavy atom. The average Bonchev–Trinajstić information content (AvgIpc) is 2.86. The van der Waals surface area contributed by atoms with Crippen molar-refractivity contribution in [1.82, 2.24) is 5.32 Å². The number of benzene rings is 1. The molecular formula is C15H20BrClFNO. The minimum Gasteiger partial charge on any atom is -0.373 e. The van der Waals surface area contributed by atoms with Gasteiger partial charge in [-0.3, -0.25) is 0 Å². The van der Waals surface area contributed by atoms with Gasteiger partial charge in [0, 0.05) is 16.6 Å². The highest BCUT2D eigenvalue weighted by molar-refractivity contribution is 9.10. The quantitative estimate of drug-likeness (QED) is 0.754. The second kappa shape index (κ2) is 6.73. The van der Waals surface area contributed by atoms with Crippen LogP contribution in [-0.2, 0) is 4.74 Å². The van der Waals surface area contributed by atoms with E-state index in [1.807, 2.05) is 6.92 Å². The van der Waals surface area contributed by atoms with Gasteiger partial charge in [-0.25, -0.2) is 4.39 Å². The van der Waals surface area contributed by atoms with Gasteiger partial charge in [0.1, 0.15) is 5.82 Å². The van der Waals surface area contributed by atoms with Gasteiger partial charge in [-0.15, -0.1) is 0 Å². The Balaban J connectivity index is 2.38. The van der Waals surface area contributed by atoms with Gasteiger partial charge in [0.2, 0.25) is 0 Å². The fourth-order valence-corrected chi connectivity index (χ4v) is 3.21. The van der Waals surface area contributed by atoms with E-state index in [1.165, 1.54) is 0 Å². The molecule has 2 nitrogen and oxygen atoms in total. The molecule has 1 aromatic rings. The molecule has 1 saturated heterocycles. The predicted molar refractivity (Wildman–Crippen MR) is 83.7 cm³/mol. The maximum Gasteiger partial charge on any atom is 0.147 e. The lowest BCUT2D eigenvalue weighted by molar-refractivity contribution is -0.0133. The van der Waals surface area contributed by atoms with Gasteiger partial charge in [-0.2, -0.15) is 0 Å². The molecule has 0 aromatic heterocycles. The molecule has 20 heavy (non-hydrogen) atoms. The molecule has 1 aliphatic rings. The molecule has 2 atom stereocenters. The third-order valence-electron chi connectivity index (χ3n) is 3.83. The molecule has 1 N–H and O–H groups in total. The number of rotatable bonds is 5. The average molecular weight is 365 g/mol. The van der Waals surface area contributed by atoms with Gasteiger partial charge in [0.05, 0.1) is 16.7 Å². The SMILES string of the molecule is CCCNC(c1ccc(Br)c(Cl)c1F)C1(C)CCCO1. The van der Waals surface area contributed by atoms with Crippen LogP contribution >= 0.6 is 27.5 Å². The van der Waals surface area contributed by atoms with E-state index in [-0.39, 0.29) is 22.5 Å². The van der Waals surface area contributed by atoms with E-state index in [0.717, 1.165) is 32.4 Å². The van der Waals surface area contributed by atoms with Crippen LogP contribution in [0.25, 0.3) is 0 Å². The van der Waals surface area contributed by atoms with Crippen LogP contribution in [0.15, 0.2) is 16.6 Å². The molecule has 2 rings (SSSR count). The smallest absolute Gasteiger partial charge is 0.147 e. The molecule has 1 aromatic carbocycles. The lowest BCUT2D eigenvalue weighted by Crippen LogP contribution is -2.42. The Morgan fingerprint density at radius 1 is 1.55 bits per heavy atom. The van der Waals surface area contributed by atoms with E-state index in [2.05, 4.69) is 28.2 Å². The first-order chi connectivity index (χ1) is 9.49. The van der Waals surface area contributed by atoms with Crippen LogP contribution in [0.2, 0.25) is 5.02 Å². The van der Waals surface area contributed by atoms with Crippen LogP contribution < -0.4 is 5.32 Å². The highest BCUT2D eigenvalue weighted by Gasteiger charge is 2.40. The first-order valence-corrected chi connectivity index (χ1v) is 8.17. The van der Waals surface area contributed by atoms with Crippen molar-refractivity contribution in [2.75, 3.05) is 13.2 Å². The van der Waals surface area contributed by atoms with Crippen molar-refractivity contribution < 1.29 is 9.13 Å². The van der Waals surface area contributed by atoms with E-state index in [0.29, 0.717) is 10.0 Å². The normalized spacial score (nSPS) is 24.1. The second-order valence-corrected chi connectivity index (χ2v) is 6.65. The van der Waals surface area contributed by atoms with E-state index in [9.17, 15) is 4.39 Å². The van der Waals surface area contributed by atoms with E-state index in [1.54, 1.807) is 12.1 Å². The Morgan fingerprint density at radius 2 is 2.30 bits per heavy atom. The number of hydrogen-bond acceptors (Lipinski definition) is 2. The lowest BCUT2D eigenvalue weighted by Gasteiger charge is -2.35. The number of nitrogens with one attached hydrogen (secondary N) is 1. The van der Waals surface area contributed by atoms with Crippen molar-refractivity contribution in [1.29, 1.82) is 0 Å². The maximum atomic E-state index is 14.5. The second-order valence-electron chi connectivity index (χ2n) is 5.42. The molecule has 0 bridgehead atoms. The molecule has 0 amide bonds. The summed E-state index contributed by atoms with van der Waals surface area (Å²) in [5, 5.41) is 3.55. The minimum absolute atomic E-state index is 0.132. The Hall–Kier alpha value is -0.160. The first-order valence-electron chi connectivity index (χ1n) is 7.00. The summed E-state index contributed by atoms with van der Waals surface area (Å²) in [6.45, 7) is 5.68. The molecule has 5 heteroatoms. The highest BCUT2D eigenvalue weighted by atomic mass is 79.9. The van der Waals surface area contributed by atoms with E-state index >= 15 is 0 Å². The molecule has 112 valence electrons. The minimum atomic E-state index is -0.382. The molecule has 0 aliphatic carbocycles. The molecule has 0 saturated carbocycles. The van der Waals surface area contributed by atoms with Crippen LogP contribution in [0.4, 0.5) is 4.39 Å². The van der Waals surface area contributed by atoms with Crippen molar-refractivity contribution in [2.45, 2.75) is 44.8 Å². The van der Waals surface area contributed by atoms with Gasteiger partial charge >= 0.3 is 0 Å². The van der Waals surface area contributed by atoms with Crippen molar-refractivity contribution in [3.05, 3.63) is 33.0 Å². The van der Waals surface area contributed by atoms with Crippen LogP contribution in [-0.4, -0.2) is 18.8 Å². The molecule has 1 aliphatic heterocycles. The molecule has 0 radical (unpaired) electrons. The van der Waals surface area contributed by atoms with Crippen LogP contribution in [0.1, 0.15) is 44.7 Å². The van der Waals surface area contributed by atoms with Gasteiger partial charge in [-0.1, -0.05) is 24.6 Å². The van der Waals surface area contributed by atoms with Gasteiger partial charge < -0.3 is 10.1 Å². The summed E-state index contributed by atoms with van der Waals surface area (Å²) in [5.74, 6) is -0.369. The maximum absolute atomic E-state index is 14.5. The van der Waals surface area contributed by atoms with Crippen LogP contribution in [0.3, 0.4) is 0 Å². The number of ether oxygens (including phenoxy) is 1. The Labute approximate surface area is 133 Å². The van der Waals surface area contributed by atoms with Crippen molar-refractivity contribution in [3.8, 4) is 0 Å². The fraction of sp³-hybridized carbons (Fsp3) is 0.600. The summed E-state index contributed by atoms with van der Waals surface area (Å²) in [6, 6.07) is 3.39. The first kappa shape index (κ1) is 16.2. The van der Waals surface area contributed by atoms with E-state index in [4.69, 9.17) is 16.3 Å². The highest BCUT2D eigenvalue weighted by Crippen LogP contribution is 2.40. The summed E-state index contributed by atoms with van der Waals surface area (Å²) in [4.78, 5) is 0. The summed E-state index contributed by atoms with van der Waals surface area (Å²) in [6.07, 6.45) is 2.91. The van der Waals surface area contributed by atoms with Gasteiger partial charge in [0.25, 0.3) is 0 Å². The van der Waals surface area contributed by atoms with Crippen LogP contribution in [0.5, 0.6) is 0 Å². The predicted octanol–water partition coefficient (Wildman–Crippen LogP) is 4.85. The monoisotopic (exact) mass is 363 g/mol. The van der Waals surface area contributed by atoms with Crippen molar-refractivity contribution in [2.24, 2.45) is 0 Å². The summed E-state index contributed by atoms with van der Waals surface area (Å²) < 4.78 is 21.0. The zero-order valence-corrected chi connectivity index (χ0v) is 14.2. The topological polar surface area (TPSA) is 21.3 Å². The molecule has 0 spiro atoms. The van der Waals surface area contributed by atoms with Crippen molar-refractivity contribution in [3.63, 3.8) is 0 Å². The standard InChI is InChI=1S/C15H20BrClFNO/c1-3-8-19-14(15(2)7-4-9-20-15)10-5-6-11(16)12(17)13(10)18/h5-6,14,19H,3-4,7-9H2,1-2H3. The largest absolute Gasteiger partial charge is 0.373 e. The van der Waals surface area contributed by atoms with Gasteiger partial charge in [-0.05, 0) is 54.7 Å². The number of halogens is 3. The molecular weight excluding hydrogens is 345 g/mol. The third kappa shape index (κ3) is 3.19. The molecule has 2 unspecified atom stereocenters.